The lowest BCUT2D eigenvalue weighted by atomic mass is 10.1. The molecule has 0 spiro atoms. The molecule has 1 heterocycles. The Balaban J connectivity index is 3.00. The van der Waals surface area contributed by atoms with Gasteiger partial charge >= 0.3 is 12.1 Å². The first kappa shape index (κ1) is 18.4. The second kappa shape index (κ2) is 6.22. The SMILES string of the molecule is CC(C)(C)OC(=O)[C@@H]1CC(CF)C(=O)N1C(=O)OC(C)(C)C. The summed E-state index contributed by atoms with van der Waals surface area (Å²) in [7, 11) is 0. The van der Waals surface area contributed by atoms with Crippen LogP contribution in [0.4, 0.5) is 9.18 Å². The number of halogens is 1. The van der Waals surface area contributed by atoms with Crippen LogP contribution in [0.15, 0.2) is 0 Å². The zero-order valence-electron chi connectivity index (χ0n) is 13.9. The van der Waals surface area contributed by atoms with E-state index >= 15 is 0 Å². The standard InChI is InChI=1S/C15H24FNO5/c1-14(2,3)21-12(19)10-7-9(8-16)11(18)17(10)13(20)22-15(4,5)6/h9-10H,7-8H2,1-6H3/t9?,10-/m0/s1. The number of nitrogens with zero attached hydrogens (tertiary/aromatic N) is 1. The third-order valence-corrected chi connectivity index (χ3v) is 2.86. The summed E-state index contributed by atoms with van der Waals surface area (Å²) >= 11 is 0. The summed E-state index contributed by atoms with van der Waals surface area (Å²) in [6.07, 6.45) is -1.05. The highest BCUT2D eigenvalue weighted by atomic mass is 19.1. The van der Waals surface area contributed by atoms with Gasteiger partial charge in [-0.05, 0) is 48.0 Å². The lowest BCUT2D eigenvalue weighted by Gasteiger charge is -2.28. The fourth-order valence-electron chi connectivity index (χ4n) is 2.05. The first-order chi connectivity index (χ1) is 9.85. The van der Waals surface area contributed by atoms with Crippen LogP contribution in [0.3, 0.4) is 0 Å². The number of alkyl halides is 1. The maximum Gasteiger partial charge on any atom is 0.417 e. The first-order valence-corrected chi connectivity index (χ1v) is 7.20. The second-order valence-electron chi connectivity index (χ2n) is 7.32. The molecule has 1 rings (SSSR count). The van der Waals surface area contributed by atoms with Crippen molar-refractivity contribution in [3.8, 4) is 0 Å². The summed E-state index contributed by atoms with van der Waals surface area (Å²) in [5.74, 6) is -2.50. The largest absolute Gasteiger partial charge is 0.458 e. The van der Waals surface area contributed by atoms with Gasteiger partial charge in [0.15, 0.2) is 0 Å². The van der Waals surface area contributed by atoms with Crippen LogP contribution in [0.5, 0.6) is 0 Å². The van der Waals surface area contributed by atoms with Crippen LogP contribution in [0.2, 0.25) is 0 Å². The third-order valence-electron chi connectivity index (χ3n) is 2.86. The molecule has 0 aromatic carbocycles. The van der Waals surface area contributed by atoms with Crippen molar-refractivity contribution in [2.75, 3.05) is 6.67 Å². The molecular formula is C15H24FNO5. The molecule has 1 unspecified atom stereocenters. The van der Waals surface area contributed by atoms with Crippen molar-refractivity contribution in [3.05, 3.63) is 0 Å². The van der Waals surface area contributed by atoms with E-state index < -0.39 is 47.8 Å². The Labute approximate surface area is 129 Å². The number of amides is 2. The van der Waals surface area contributed by atoms with E-state index in [0.29, 0.717) is 4.90 Å². The fraction of sp³-hybridized carbons (Fsp3) is 0.800. The molecule has 0 radical (unpaired) electrons. The number of ether oxygens (including phenoxy) is 2. The summed E-state index contributed by atoms with van der Waals surface area (Å²) in [5.41, 5.74) is -1.60. The van der Waals surface area contributed by atoms with E-state index in [2.05, 4.69) is 0 Å². The van der Waals surface area contributed by atoms with Crippen molar-refractivity contribution in [1.29, 1.82) is 0 Å². The molecule has 0 N–H and O–H groups in total. The van der Waals surface area contributed by atoms with Gasteiger partial charge in [-0.2, -0.15) is 0 Å². The van der Waals surface area contributed by atoms with Crippen LogP contribution in [-0.2, 0) is 19.1 Å². The zero-order chi connectivity index (χ0) is 17.3. The molecule has 6 nitrogen and oxygen atoms in total. The molecule has 1 fully saturated rings. The molecule has 1 aliphatic heterocycles. The molecule has 0 aromatic rings. The van der Waals surface area contributed by atoms with Crippen molar-refractivity contribution in [1.82, 2.24) is 4.90 Å². The number of imide groups is 1. The minimum absolute atomic E-state index is 0.0938. The Bertz CT molecular complexity index is 464. The van der Waals surface area contributed by atoms with Gasteiger partial charge in [-0.25, -0.2) is 14.5 Å². The van der Waals surface area contributed by atoms with Crippen LogP contribution in [-0.4, -0.2) is 46.8 Å². The van der Waals surface area contributed by atoms with E-state index in [1.165, 1.54) is 0 Å². The van der Waals surface area contributed by atoms with Crippen molar-refractivity contribution < 1.29 is 28.2 Å². The topological polar surface area (TPSA) is 72.9 Å². The molecule has 2 atom stereocenters. The number of hydrogen-bond acceptors (Lipinski definition) is 5. The molecule has 1 saturated heterocycles. The number of rotatable bonds is 2. The highest BCUT2D eigenvalue weighted by molar-refractivity contribution is 6.00. The third kappa shape index (κ3) is 4.68. The molecule has 1 aliphatic rings. The Morgan fingerprint density at radius 2 is 1.64 bits per heavy atom. The maximum atomic E-state index is 12.9. The van der Waals surface area contributed by atoms with Gasteiger partial charge in [-0.15, -0.1) is 0 Å². The van der Waals surface area contributed by atoms with E-state index in [0.717, 1.165) is 0 Å². The van der Waals surface area contributed by atoms with Gasteiger partial charge in [0.25, 0.3) is 0 Å². The molecular weight excluding hydrogens is 293 g/mol. The maximum absolute atomic E-state index is 12.9. The molecule has 7 heteroatoms. The molecule has 0 bridgehead atoms. The second-order valence-corrected chi connectivity index (χ2v) is 7.32. The van der Waals surface area contributed by atoms with Gasteiger partial charge in [0.05, 0.1) is 5.92 Å². The van der Waals surface area contributed by atoms with E-state index in [9.17, 15) is 18.8 Å². The molecule has 0 aliphatic carbocycles. The minimum Gasteiger partial charge on any atom is -0.458 e. The number of likely N-dealkylation sites (tertiary alicyclic amines) is 1. The fourth-order valence-corrected chi connectivity index (χ4v) is 2.05. The summed E-state index contributed by atoms with van der Waals surface area (Å²) in [6, 6.07) is -1.15. The van der Waals surface area contributed by atoms with Crippen LogP contribution in [0, 0.1) is 5.92 Å². The normalized spacial score (nSPS) is 22.7. The van der Waals surface area contributed by atoms with E-state index in [4.69, 9.17) is 9.47 Å². The average molecular weight is 317 g/mol. The summed E-state index contributed by atoms with van der Waals surface area (Å²) in [5, 5.41) is 0. The summed E-state index contributed by atoms with van der Waals surface area (Å²) < 4.78 is 23.3. The monoisotopic (exact) mass is 317 g/mol. The Morgan fingerprint density at radius 1 is 1.14 bits per heavy atom. The number of carbonyl (C=O) groups excluding carboxylic acids is 3. The quantitative estimate of drug-likeness (QED) is 0.731. The average Bonchev–Trinajstić information content (AvgIpc) is 2.61. The molecule has 0 aromatic heterocycles. The van der Waals surface area contributed by atoms with Gasteiger partial charge in [0, 0.05) is 0 Å². The van der Waals surface area contributed by atoms with Gasteiger partial charge in [0.2, 0.25) is 5.91 Å². The number of esters is 1. The highest BCUT2D eigenvalue weighted by Gasteiger charge is 2.49. The van der Waals surface area contributed by atoms with E-state index in [1.54, 1.807) is 41.5 Å². The van der Waals surface area contributed by atoms with Crippen LogP contribution < -0.4 is 0 Å². The van der Waals surface area contributed by atoms with Gasteiger partial charge in [0.1, 0.15) is 23.9 Å². The van der Waals surface area contributed by atoms with Crippen molar-refractivity contribution in [3.63, 3.8) is 0 Å². The highest BCUT2D eigenvalue weighted by Crippen LogP contribution is 2.29. The van der Waals surface area contributed by atoms with Crippen LogP contribution in [0.25, 0.3) is 0 Å². The van der Waals surface area contributed by atoms with E-state index in [-0.39, 0.29) is 6.42 Å². The van der Waals surface area contributed by atoms with Gasteiger partial charge in [-0.1, -0.05) is 0 Å². The summed E-state index contributed by atoms with van der Waals surface area (Å²) in [4.78, 5) is 37.2. The summed E-state index contributed by atoms with van der Waals surface area (Å²) in [6.45, 7) is 9.00. The lowest BCUT2D eigenvalue weighted by molar-refractivity contribution is -0.161. The van der Waals surface area contributed by atoms with Crippen LogP contribution in [0.1, 0.15) is 48.0 Å². The van der Waals surface area contributed by atoms with Crippen LogP contribution >= 0.6 is 0 Å². The first-order valence-electron chi connectivity index (χ1n) is 7.20. The molecule has 0 saturated carbocycles. The van der Waals surface area contributed by atoms with E-state index in [1.807, 2.05) is 0 Å². The Kier molecular flexibility index (Phi) is 5.20. The van der Waals surface area contributed by atoms with Crippen molar-refractivity contribution in [2.45, 2.75) is 65.2 Å². The molecule has 22 heavy (non-hydrogen) atoms. The smallest absolute Gasteiger partial charge is 0.417 e. The lowest BCUT2D eigenvalue weighted by Crippen LogP contribution is -2.47. The van der Waals surface area contributed by atoms with Crippen molar-refractivity contribution in [2.24, 2.45) is 5.92 Å². The molecule has 126 valence electrons. The molecule has 2 amide bonds. The van der Waals surface area contributed by atoms with Gasteiger partial charge < -0.3 is 9.47 Å². The Morgan fingerprint density at radius 3 is 2.05 bits per heavy atom. The predicted octanol–water partition coefficient (Wildman–Crippen LogP) is 2.45. The zero-order valence-corrected chi connectivity index (χ0v) is 13.9. The minimum atomic E-state index is -1.15. The van der Waals surface area contributed by atoms with Crippen molar-refractivity contribution >= 4 is 18.0 Å². The predicted molar refractivity (Wildman–Crippen MR) is 76.8 cm³/mol. The number of hydrogen-bond donors (Lipinski definition) is 0. The van der Waals surface area contributed by atoms with Gasteiger partial charge in [-0.3, -0.25) is 9.18 Å². The number of carbonyl (C=O) groups is 3. The Hall–Kier alpha value is -1.66.